The summed E-state index contributed by atoms with van der Waals surface area (Å²) < 4.78 is 34.9. The number of halogens is 2. The number of carbonyl (C=O) groups excluding carboxylic acids is 1. The smallest absolute Gasteiger partial charge is 0.341 e. The average molecular weight is 258 g/mol. The Morgan fingerprint density at radius 2 is 2.28 bits per heavy atom. The molecule has 0 fully saturated rings. The molecule has 0 amide bonds. The number of anilines is 1. The number of rotatable bonds is 5. The molecule has 98 valence electrons. The average Bonchev–Trinajstić information content (AvgIpc) is 2.36. The van der Waals surface area contributed by atoms with Crippen LogP contribution in [0.2, 0.25) is 0 Å². The van der Waals surface area contributed by atoms with Gasteiger partial charge in [-0.2, -0.15) is 13.8 Å². The largest absolute Gasteiger partial charge is 0.471 e. The van der Waals surface area contributed by atoms with Crippen molar-refractivity contribution in [2.75, 3.05) is 19.5 Å². The molecular weight excluding hydrogens is 246 g/mol. The van der Waals surface area contributed by atoms with Gasteiger partial charge in [-0.3, -0.25) is 0 Å². The first-order chi connectivity index (χ1) is 8.39. The number of alkyl halides is 2. The second-order valence-electron chi connectivity index (χ2n) is 3.33. The monoisotopic (exact) mass is 258 g/mol. The minimum Gasteiger partial charge on any atom is -0.471 e. The van der Waals surface area contributed by atoms with Crippen LogP contribution in [0.15, 0.2) is 24.8 Å². The summed E-state index contributed by atoms with van der Waals surface area (Å²) in [5.74, 6) is -4.08. The van der Waals surface area contributed by atoms with E-state index in [1.165, 1.54) is 19.2 Å². The summed E-state index contributed by atoms with van der Waals surface area (Å²) in [5, 5.41) is 0. The molecule has 5 nitrogen and oxygen atoms in total. The molecule has 0 unspecified atom stereocenters. The molecule has 0 aliphatic heterocycles. The summed E-state index contributed by atoms with van der Waals surface area (Å²) in [5.41, 5.74) is 5.51. The van der Waals surface area contributed by atoms with Gasteiger partial charge in [-0.1, -0.05) is 6.58 Å². The molecule has 0 spiro atoms. The fourth-order valence-corrected chi connectivity index (χ4v) is 1.05. The maximum absolute atomic E-state index is 12.8. The van der Waals surface area contributed by atoms with E-state index in [4.69, 9.17) is 10.5 Å². The van der Waals surface area contributed by atoms with E-state index < -0.39 is 18.5 Å². The fourth-order valence-electron chi connectivity index (χ4n) is 1.05. The van der Waals surface area contributed by atoms with Crippen LogP contribution in [-0.2, 0) is 4.74 Å². The van der Waals surface area contributed by atoms with E-state index in [1.807, 2.05) is 0 Å². The van der Waals surface area contributed by atoms with Gasteiger partial charge in [-0.15, -0.1) is 0 Å². The summed E-state index contributed by atoms with van der Waals surface area (Å²) in [4.78, 5) is 14.9. The predicted molar refractivity (Wildman–Crippen MR) is 60.6 cm³/mol. The molecule has 0 bridgehead atoms. The van der Waals surface area contributed by atoms with E-state index in [9.17, 15) is 13.6 Å². The Morgan fingerprint density at radius 3 is 2.78 bits per heavy atom. The second kappa shape index (κ2) is 5.44. The van der Waals surface area contributed by atoms with E-state index in [1.54, 1.807) is 0 Å². The number of nitrogens with two attached hydrogens (primary N) is 1. The van der Waals surface area contributed by atoms with E-state index >= 15 is 0 Å². The van der Waals surface area contributed by atoms with Gasteiger partial charge in [0.2, 0.25) is 5.88 Å². The van der Waals surface area contributed by atoms with Crippen LogP contribution in [0.4, 0.5) is 14.6 Å². The number of hydrogen-bond donors (Lipinski definition) is 1. The predicted octanol–water partition coefficient (Wildman–Crippen LogP) is 1.65. The van der Waals surface area contributed by atoms with Gasteiger partial charge in [0.05, 0.1) is 7.11 Å². The lowest BCUT2D eigenvalue weighted by Gasteiger charge is -2.12. The number of carbonyl (C=O) groups is 1. The highest BCUT2D eigenvalue weighted by molar-refractivity contribution is 5.94. The van der Waals surface area contributed by atoms with Gasteiger partial charge in [0.25, 0.3) is 5.92 Å². The van der Waals surface area contributed by atoms with Crippen LogP contribution in [0.3, 0.4) is 0 Å². The SMILES string of the molecule is C=CC(F)(F)COc1ccc(C(=O)OC)c(N)n1. The molecule has 2 N–H and O–H groups in total. The number of aromatic nitrogens is 1. The zero-order chi connectivity index (χ0) is 13.8. The Bertz CT molecular complexity index is 464. The van der Waals surface area contributed by atoms with Gasteiger partial charge < -0.3 is 15.2 Å². The van der Waals surface area contributed by atoms with Crippen molar-refractivity contribution in [2.45, 2.75) is 5.92 Å². The third-order valence-electron chi connectivity index (χ3n) is 2.02. The summed E-state index contributed by atoms with van der Waals surface area (Å²) in [6.07, 6.45) is 0.471. The number of nitrogens with zero attached hydrogens (tertiary/aromatic N) is 1. The van der Waals surface area contributed by atoms with Crippen LogP contribution in [0.5, 0.6) is 5.88 Å². The van der Waals surface area contributed by atoms with Crippen LogP contribution in [0, 0.1) is 0 Å². The van der Waals surface area contributed by atoms with E-state index in [0.29, 0.717) is 6.08 Å². The lowest BCUT2D eigenvalue weighted by atomic mass is 10.2. The molecule has 0 saturated heterocycles. The summed E-state index contributed by atoms with van der Waals surface area (Å²) in [6.45, 7) is 2.07. The van der Waals surface area contributed by atoms with Crippen LogP contribution in [0.25, 0.3) is 0 Å². The van der Waals surface area contributed by atoms with Gasteiger partial charge in [-0.05, 0) is 12.1 Å². The van der Waals surface area contributed by atoms with E-state index in [2.05, 4.69) is 16.3 Å². The van der Waals surface area contributed by atoms with Crippen LogP contribution in [-0.4, -0.2) is 30.6 Å². The van der Waals surface area contributed by atoms with Gasteiger partial charge in [0.1, 0.15) is 11.4 Å². The summed E-state index contributed by atoms with van der Waals surface area (Å²) in [6, 6.07) is 2.54. The van der Waals surface area contributed by atoms with Crippen molar-refractivity contribution in [3.8, 4) is 5.88 Å². The van der Waals surface area contributed by atoms with Crippen molar-refractivity contribution in [3.63, 3.8) is 0 Å². The maximum atomic E-state index is 12.8. The molecule has 0 aromatic carbocycles. The minimum atomic E-state index is -3.16. The Kier molecular flexibility index (Phi) is 4.19. The van der Waals surface area contributed by atoms with Crippen molar-refractivity contribution in [2.24, 2.45) is 0 Å². The Balaban J connectivity index is 2.79. The molecule has 18 heavy (non-hydrogen) atoms. The highest BCUT2D eigenvalue weighted by atomic mass is 19.3. The molecule has 0 radical (unpaired) electrons. The van der Waals surface area contributed by atoms with Gasteiger partial charge in [0, 0.05) is 6.07 Å². The summed E-state index contributed by atoms with van der Waals surface area (Å²) >= 11 is 0. The first-order valence-electron chi connectivity index (χ1n) is 4.88. The number of hydrogen-bond acceptors (Lipinski definition) is 5. The molecule has 0 aliphatic carbocycles. The third kappa shape index (κ3) is 3.41. The maximum Gasteiger partial charge on any atom is 0.341 e. The second-order valence-corrected chi connectivity index (χ2v) is 3.33. The lowest BCUT2D eigenvalue weighted by molar-refractivity contribution is 0.00396. The third-order valence-corrected chi connectivity index (χ3v) is 2.02. The summed E-state index contributed by atoms with van der Waals surface area (Å²) in [7, 11) is 1.19. The zero-order valence-electron chi connectivity index (χ0n) is 9.65. The van der Waals surface area contributed by atoms with Gasteiger partial charge in [0.15, 0.2) is 6.61 Å². The highest BCUT2D eigenvalue weighted by Crippen LogP contribution is 2.19. The number of pyridine rings is 1. The Labute approximate surface area is 102 Å². The van der Waals surface area contributed by atoms with Crippen molar-refractivity contribution < 1.29 is 23.0 Å². The van der Waals surface area contributed by atoms with E-state index in [0.717, 1.165) is 0 Å². The topological polar surface area (TPSA) is 74.4 Å². The van der Waals surface area contributed by atoms with Crippen molar-refractivity contribution in [3.05, 3.63) is 30.4 Å². The van der Waals surface area contributed by atoms with E-state index in [-0.39, 0.29) is 17.3 Å². The van der Waals surface area contributed by atoms with Crippen molar-refractivity contribution in [1.82, 2.24) is 4.98 Å². The molecule has 1 rings (SSSR count). The standard InChI is InChI=1S/C11H12F2N2O3/c1-3-11(12,13)6-18-8-5-4-7(9(14)15-8)10(16)17-2/h3-5H,1,6H2,2H3,(H2,14,15). The molecule has 1 aromatic rings. The molecule has 1 aromatic heterocycles. The number of methoxy groups -OCH3 is 1. The molecular formula is C11H12F2N2O3. The lowest BCUT2D eigenvalue weighted by Crippen LogP contribution is -2.23. The minimum absolute atomic E-state index is 0.0420. The van der Waals surface area contributed by atoms with Crippen LogP contribution >= 0.6 is 0 Å². The molecule has 7 heteroatoms. The van der Waals surface area contributed by atoms with Gasteiger partial charge in [-0.25, -0.2) is 4.79 Å². The first kappa shape index (κ1) is 13.9. The molecule has 1 heterocycles. The Hall–Kier alpha value is -2.18. The van der Waals surface area contributed by atoms with Crippen LogP contribution in [0.1, 0.15) is 10.4 Å². The number of nitrogen functional groups attached to an aromatic ring is 1. The molecule has 0 aliphatic rings. The normalized spacial score (nSPS) is 10.8. The quantitative estimate of drug-likeness (QED) is 0.642. The molecule has 0 saturated carbocycles. The van der Waals surface area contributed by atoms with Crippen molar-refractivity contribution >= 4 is 11.8 Å². The number of ether oxygens (including phenoxy) is 2. The first-order valence-corrected chi connectivity index (χ1v) is 4.88. The van der Waals surface area contributed by atoms with Crippen molar-refractivity contribution in [1.29, 1.82) is 0 Å². The Morgan fingerprint density at radius 1 is 1.61 bits per heavy atom. The highest BCUT2D eigenvalue weighted by Gasteiger charge is 2.25. The molecule has 0 atom stereocenters. The van der Waals surface area contributed by atoms with Crippen LogP contribution < -0.4 is 10.5 Å². The van der Waals surface area contributed by atoms with Gasteiger partial charge >= 0.3 is 5.97 Å². The fraction of sp³-hybridized carbons (Fsp3) is 0.273. The zero-order valence-corrected chi connectivity index (χ0v) is 9.65. The number of esters is 1.